The van der Waals surface area contributed by atoms with Crippen molar-refractivity contribution in [2.24, 2.45) is 0 Å². The van der Waals surface area contributed by atoms with Gasteiger partial charge in [0.15, 0.2) is 11.5 Å². The van der Waals surface area contributed by atoms with E-state index in [0.29, 0.717) is 17.0 Å². The van der Waals surface area contributed by atoms with Crippen LogP contribution in [-0.4, -0.2) is 32.9 Å². The minimum atomic E-state index is -0.459. The molecule has 3 aromatic rings. The molecule has 0 saturated carbocycles. The molecule has 0 aliphatic heterocycles. The van der Waals surface area contributed by atoms with E-state index in [-0.39, 0.29) is 0 Å². The van der Waals surface area contributed by atoms with E-state index in [1.165, 1.54) is 17.8 Å². The second-order valence-electron chi connectivity index (χ2n) is 3.86. The molecule has 0 amide bonds. The number of hydrogen-bond acceptors (Lipinski definition) is 5. The van der Waals surface area contributed by atoms with Gasteiger partial charge < -0.3 is 4.74 Å². The van der Waals surface area contributed by atoms with Crippen molar-refractivity contribution in [3.8, 4) is 11.4 Å². The van der Waals surface area contributed by atoms with Crippen molar-refractivity contribution in [3.05, 3.63) is 48.2 Å². The summed E-state index contributed by atoms with van der Waals surface area (Å²) < 4.78 is 6.24. The van der Waals surface area contributed by atoms with Gasteiger partial charge in [0.05, 0.1) is 7.11 Å². The maximum absolute atomic E-state index is 11.6. The predicted octanol–water partition coefficient (Wildman–Crippen LogP) is 1.58. The molecule has 3 rings (SSSR count). The van der Waals surface area contributed by atoms with Crippen LogP contribution in [0.2, 0.25) is 0 Å². The van der Waals surface area contributed by atoms with Gasteiger partial charge in [-0.25, -0.2) is 4.79 Å². The maximum atomic E-state index is 11.6. The number of fused-ring (bicyclic) bond motifs is 1. The Kier molecular flexibility index (Phi) is 2.68. The number of hydrogen-bond donors (Lipinski definition) is 0. The number of rotatable bonds is 2. The molecular formula is C13H10N4O2. The van der Waals surface area contributed by atoms with Gasteiger partial charge in [-0.05, 0) is 6.07 Å². The van der Waals surface area contributed by atoms with Gasteiger partial charge in [0.1, 0.15) is 5.56 Å². The SMILES string of the molecule is COC(=O)c1ccnn2c(-c3ccccc3)nnc12. The number of methoxy groups -OCH3 is 1. The first-order valence-electron chi connectivity index (χ1n) is 5.65. The molecule has 0 saturated heterocycles. The van der Waals surface area contributed by atoms with E-state index in [0.717, 1.165) is 5.56 Å². The molecule has 2 aromatic heterocycles. The molecule has 0 aliphatic rings. The van der Waals surface area contributed by atoms with E-state index in [2.05, 4.69) is 15.3 Å². The second kappa shape index (κ2) is 4.49. The Morgan fingerprint density at radius 3 is 2.68 bits per heavy atom. The summed E-state index contributed by atoms with van der Waals surface area (Å²) in [6.07, 6.45) is 1.52. The third kappa shape index (κ3) is 1.83. The van der Waals surface area contributed by atoms with Gasteiger partial charge in [-0.2, -0.15) is 9.61 Å². The smallest absolute Gasteiger partial charge is 0.341 e. The first-order valence-corrected chi connectivity index (χ1v) is 5.65. The van der Waals surface area contributed by atoms with Crippen LogP contribution in [0.4, 0.5) is 0 Å². The summed E-state index contributed by atoms with van der Waals surface area (Å²) in [4.78, 5) is 11.6. The van der Waals surface area contributed by atoms with Crippen LogP contribution in [-0.2, 0) is 4.74 Å². The highest BCUT2D eigenvalue weighted by atomic mass is 16.5. The molecule has 6 nitrogen and oxygen atoms in total. The van der Waals surface area contributed by atoms with E-state index >= 15 is 0 Å². The van der Waals surface area contributed by atoms with Gasteiger partial charge in [-0.1, -0.05) is 30.3 Å². The molecular weight excluding hydrogens is 244 g/mol. The number of benzene rings is 1. The molecule has 0 bridgehead atoms. The summed E-state index contributed by atoms with van der Waals surface area (Å²) >= 11 is 0. The fourth-order valence-electron chi connectivity index (χ4n) is 1.84. The van der Waals surface area contributed by atoms with Crippen LogP contribution in [0.15, 0.2) is 42.6 Å². The van der Waals surface area contributed by atoms with Crippen molar-refractivity contribution in [1.82, 2.24) is 19.8 Å². The topological polar surface area (TPSA) is 69.4 Å². The van der Waals surface area contributed by atoms with Crippen molar-refractivity contribution < 1.29 is 9.53 Å². The summed E-state index contributed by atoms with van der Waals surface area (Å²) in [7, 11) is 1.33. The summed E-state index contributed by atoms with van der Waals surface area (Å²) in [5, 5.41) is 12.3. The van der Waals surface area contributed by atoms with E-state index < -0.39 is 5.97 Å². The molecule has 0 radical (unpaired) electrons. The van der Waals surface area contributed by atoms with Crippen LogP contribution in [0.3, 0.4) is 0 Å². The number of nitrogens with zero attached hydrogens (tertiary/aromatic N) is 4. The molecule has 1 aromatic carbocycles. The third-order valence-electron chi connectivity index (χ3n) is 2.74. The van der Waals surface area contributed by atoms with Crippen LogP contribution >= 0.6 is 0 Å². The van der Waals surface area contributed by atoms with Crippen molar-refractivity contribution in [1.29, 1.82) is 0 Å². The predicted molar refractivity (Wildman–Crippen MR) is 67.6 cm³/mol. The molecule has 0 N–H and O–H groups in total. The van der Waals surface area contributed by atoms with Crippen LogP contribution in [0.5, 0.6) is 0 Å². The first kappa shape index (κ1) is 11.3. The normalized spacial score (nSPS) is 10.6. The second-order valence-corrected chi connectivity index (χ2v) is 3.86. The number of esters is 1. The van der Waals surface area contributed by atoms with Crippen molar-refractivity contribution in [2.75, 3.05) is 7.11 Å². The van der Waals surface area contributed by atoms with Crippen molar-refractivity contribution in [2.45, 2.75) is 0 Å². The van der Waals surface area contributed by atoms with Gasteiger partial charge in [0.2, 0.25) is 0 Å². The molecule has 0 unspecified atom stereocenters. The van der Waals surface area contributed by atoms with Crippen molar-refractivity contribution >= 4 is 11.6 Å². The number of carbonyl (C=O) groups excluding carboxylic acids is 1. The molecule has 0 spiro atoms. The average Bonchev–Trinajstić information content (AvgIpc) is 2.91. The number of carbonyl (C=O) groups is 1. The molecule has 6 heteroatoms. The molecule has 94 valence electrons. The van der Waals surface area contributed by atoms with E-state index in [1.807, 2.05) is 30.3 Å². The third-order valence-corrected chi connectivity index (χ3v) is 2.74. The number of aromatic nitrogens is 4. The van der Waals surface area contributed by atoms with Gasteiger partial charge in [-0.15, -0.1) is 10.2 Å². The molecule has 19 heavy (non-hydrogen) atoms. The lowest BCUT2D eigenvalue weighted by molar-refractivity contribution is 0.0602. The zero-order valence-corrected chi connectivity index (χ0v) is 10.1. The van der Waals surface area contributed by atoms with Crippen LogP contribution in [0.25, 0.3) is 17.0 Å². The lowest BCUT2D eigenvalue weighted by atomic mass is 10.2. The highest BCUT2D eigenvalue weighted by molar-refractivity contribution is 5.95. The Labute approximate surface area is 108 Å². The molecule has 2 heterocycles. The standard InChI is InChI=1S/C13H10N4O2/c1-19-13(18)10-7-8-14-17-11(15-16-12(10)17)9-5-3-2-4-6-9/h2-8H,1H3. The largest absolute Gasteiger partial charge is 0.465 e. The highest BCUT2D eigenvalue weighted by Gasteiger charge is 2.16. The Hall–Kier alpha value is -2.76. The molecule has 0 fully saturated rings. The summed E-state index contributed by atoms with van der Waals surface area (Å²) in [6, 6.07) is 11.1. The molecule has 0 atom stereocenters. The Morgan fingerprint density at radius 1 is 1.16 bits per heavy atom. The Balaban J connectivity index is 2.23. The van der Waals surface area contributed by atoms with E-state index in [9.17, 15) is 4.79 Å². The first-order chi connectivity index (χ1) is 9.31. The minimum Gasteiger partial charge on any atom is -0.465 e. The highest BCUT2D eigenvalue weighted by Crippen LogP contribution is 2.18. The number of ether oxygens (including phenoxy) is 1. The molecule has 0 aliphatic carbocycles. The zero-order valence-electron chi connectivity index (χ0n) is 10.1. The maximum Gasteiger partial charge on any atom is 0.341 e. The average molecular weight is 254 g/mol. The summed E-state index contributed by atoms with van der Waals surface area (Å²) in [5.41, 5.74) is 1.60. The lowest BCUT2D eigenvalue weighted by Gasteiger charge is -2.01. The van der Waals surface area contributed by atoms with E-state index in [1.54, 1.807) is 6.07 Å². The quantitative estimate of drug-likeness (QED) is 0.649. The van der Waals surface area contributed by atoms with Gasteiger partial charge in [0.25, 0.3) is 0 Å². The van der Waals surface area contributed by atoms with Gasteiger partial charge in [-0.3, -0.25) is 0 Å². The minimum absolute atomic E-state index is 0.340. The van der Waals surface area contributed by atoms with Crippen molar-refractivity contribution in [3.63, 3.8) is 0 Å². The monoisotopic (exact) mass is 254 g/mol. The lowest BCUT2D eigenvalue weighted by Crippen LogP contribution is -2.06. The van der Waals surface area contributed by atoms with Crippen LogP contribution < -0.4 is 0 Å². The van der Waals surface area contributed by atoms with Gasteiger partial charge in [0, 0.05) is 11.8 Å². The Bertz CT molecular complexity index is 737. The van der Waals surface area contributed by atoms with E-state index in [4.69, 9.17) is 4.74 Å². The van der Waals surface area contributed by atoms with Crippen LogP contribution in [0.1, 0.15) is 10.4 Å². The van der Waals surface area contributed by atoms with Gasteiger partial charge >= 0.3 is 5.97 Å². The summed E-state index contributed by atoms with van der Waals surface area (Å²) in [6.45, 7) is 0. The fraction of sp³-hybridized carbons (Fsp3) is 0.0769. The zero-order chi connectivity index (χ0) is 13.2. The van der Waals surface area contributed by atoms with Crippen LogP contribution in [0, 0.1) is 0 Å². The fourth-order valence-corrected chi connectivity index (χ4v) is 1.84. The summed E-state index contributed by atoms with van der Waals surface area (Å²) in [5.74, 6) is 0.126. The Morgan fingerprint density at radius 2 is 1.95 bits per heavy atom.